The predicted molar refractivity (Wildman–Crippen MR) is 124 cm³/mol. The lowest BCUT2D eigenvalue weighted by Crippen LogP contribution is -2.44. The molecule has 0 radical (unpaired) electrons. The molecule has 3 aromatic rings. The Kier molecular flexibility index (Phi) is 6.77. The molecular formula is C26H22F2N2O5. The van der Waals surface area contributed by atoms with Gasteiger partial charge in [0.05, 0.1) is 11.3 Å². The van der Waals surface area contributed by atoms with Crippen LogP contribution in [-0.2, 0) is 9.53 Å². The summed E-state index contributed by atoms with van der Waals surface area (Å²) in [5.74, 6) is -5.18. The van der Waals surface area contributed by atoms with Crippen molar-refractivity contribution in [1.29, 1.82) is 0 Å². The summed E-state index contributed by atoms with van der Waals surface area (Å²) in [6.07, 6.45) is -0.695. The van der Waals surface area contributed by atoms with Crippen LogP contribution in [0.15, 0.2) is 60.7 Å². The molecule has 7 nitrogen and oxygen atoms in total. The second kappa shape index (κ2) is 9.92. The van der Waals surface area contributed by atoms with Gasteiger partial charge in [0.2, 0.25) is 5.91 Å². The molecule has 1 atom stereocenters. The molecule has 0 heterocycles. The van der Waals surface area contributed by atoms with Gasteiger partial charge in [-0.2, -0.15) is 0 Å². The first-order chi connectivity index (χ1) is 16.8. The summed E-state index contributed by atoms with van der Waals surface area (Å²) in [6.45, 7) is 1.67. The number of alkyl carbamates (subject to hydrolysis) is 1. The van der Waals surface area contributed by atoms with Crippen LogP contribution in [0.25, 0.3) is 11.1 Å². The van der Waals surface area contributed by atoms with E-state index in [9.17, 15) is 28.3 Å². The van der Waals surface area contributed by atoms with Crippen molar-refractivity contribution in [2.45, 2.75) is 25.3 Å². The van der Waals surface area contributed by atoms with E-state index in [2.05, 4.69) is 10.6 Å². The van der Waals surface area contributed by atoms with E-state index >= 15 is 0 Å². The van der Waals surface area contributed by atoms with Crippen LogP contribution in [0.4, 0.5) is 19.3 Å². The molecule has 3 N–H and O–H groups in total. The molecule has 1 aliphatic rings. The molecule has 0 aliphatic heterocycles. The number of ether oxygens (including phenoxy) is 1. The largest absolute Gasteiger partial charge is 0.478 e. The number of carboxylic acids is 1. The van der Waals surface area contributed by atoms with Gasteiger partial charge in [-0.1, -0.05) is 55.5 Å². The molecule has 4 rings (SSSR count). The van der Waals surface area contributed by atoms with Crippen LogP contribution in [0.2, 0.25) is 0 Å². The average Bonchev–Trinajstić information content (AvgIpc) is 3.16. The van der Waals surface area contributed by atoms with Gasteiger partial charge in [0.15, 0.2) is 11.6 Å². The van der Waals surface area contributed by atoms with Gasteiger partial charge in [-0.25, -0.2) is 18.4 Å². The summed E-state index contributed by atoms with van der Waals surface area (Å²) in [5.41, 5.74) is 3.17. The van der Waals surface area contributed by atoms with Crippen molar-refractivity contribution >= 4 is 23.7 Å². The van der Waals surface area contributed by atoms with Crippen molar-refractivity contribution in [3.63, 3.8) is 0 Å². The highest BCUT2D eigenvalue weighted by Gasteiger charge is 2.30. The number of hydrogen-bond acceptors (Lipinski definition) is 4. The molecule has 1 unspecified atom stereocenters. The standard InChI is InChI=1S/C26H22F2N2O5/c1-2-22(24(31)29-23-12-21(28)20(27)11-18(23)25(32)33)30-26(34)35-13-19-16-9-5-3-7-14(16)15-8-4-6-10-17(15)19/h3-12,19,22H,2,13H2,1H3,(H,29,31)(H,30,34)(H,32,33). The maximum Gasteiger partial charge on any atom is 0.407 e. The Morgan fingerprint density at radius 2 is 1.54 bits per heavy atom. The molecule has 180 valence electrons. The average molecular weight is 480 g/mol. The van der Waals surface area contributed by atoms with Gasteiger partial charge in [0.1, 0.15) is 12.6 Å². The minimum atomic E-state index is -1.54. The van der Waals surface area contributed by atoms with Gasteiger partial charge in [-0.15, -0.1) is 0 Å². The zero-order valence-corrected chi connectivity index (χ0v) is 18.7. The normalized spacial score (nSPS) is 12.9. The number of benzene rings is 3. The number of amides is 2. The van der Waals surface area contributed by atoms with Crippen molar-refractivity contribution in [2.24, 2.45) is 0 Å². The zero-order valence-electron chi connectivity index (χ0n) is 18.7. The Morgan fingerprint density at radius 3 is 2.11 bits per heavy atom. The van der Waals surface area contributed by atoms with Crippen LogP contribution in [0.1, 0.15) is 40.7 Å². The number of nitrogens with one attached hydrogen (secondary N) is 2. The Morgan fingerprint density at radius 1 is 0.971 bits per heavy atom. The summed E-state index contributed by atoms with van der Waals surface area (Å²) >= 11 is 0. The number of rotatable bonds is 7. The highest BCUT2D eigenvalue weighted by molar-refractivity contribution is 6.02. The number of anilines is 1. The molecule has 0 spiro atoms. The van der Waals surface area contributed by atoms with Gasteiger partial charge in [-0.05, 0) is 34.7 Å². The van der Waals surface area contributed by atoms with Crippen LogP contribution in [-0.4, -0.2) is 35.7 Å². The number of hydrogen-bond donors (Lipinski definition) is 3. The van der Waals surface area contributed by atoms with Crippen molar-refractivity contribution in [2.75, 3.05) is 11.9 Å². The third kappa shape index (κ3) is 4.84. The van der Waals surface area contributed by atoms with Gasteiger partial charge < -0.3 is 20.5 Å². The fourth-order valence-corrected chi connectivity index (χ4v) is 4.18. The quantitative estimate of drug-likeness (QED) is 0.445. The van der Waals surface area contributed by atoms with E-state index in [0.717, 1.165) is 22.3 Å². The van der Waals surface area contributed by atoms with Crippen LogP contribution in [0.3, 0.4) is 0 Å². The Bertz CT molecular complexity index is 1270. The van der Waals surface area contributed by atoms with E-state index in [1.165, 1.54) is 0 Å². The lowest BCUT2D eigenvalue weighted by atomic mass is 9.98. The molecule has 1 aliphatic carbocycles. The second-order valence-electron chi connectivity index (χ2n) is 8.04. The third-order valence-corrected chi connectivity index (χ3v) is 5.91. The van der Waals surface area contributed by atoms with Crippen molar-refractivity contribution < 1.29 is 33.0 Å². The topological polar surface area (TPSA) is 105 Å². The van der Waals surface area contributed by atoms with Crippen LogP contribution >= 0.6 is 0 Å². The van der Waals surface area contributed by atoms with Crippen LogP contribution in [0.5, 0.6) is 0 Å². The van der Waals surface area contributed by atoms with Gasteiger partial charge >= 0.3 is 12.1 Å². The third-order valence-electron chi connectivity index (χ3n) is 5.91. The molecular weight excluding hydrogens is 458 g/mol. The molecule has 3 aromatic carbocycles. The molecule has 9 heteroatoms. The summed E-state index contributed by atoms with van der Waals surface area (Å²) in [7, 11) is 0. The van der Waals surface area contributed by atoms with E-state index < -0.39 is 46.9 Å². The fourth-order valence-electron chi connectivity index (χ4n) is 4.18. The SMILES string of the molecule is CCC(NC(=O)OCC1c2ccccc2-c2ccccc21)C(=O)Nc1cc(F)c(F)cc1C(=O)O. The fraction of sp³-hybridized carbons (Fsp3) is 0.192. The number of carbonyl (C=O) groups excluding carboxylic acids is 2. The maximum absolute atomic E-state index is 13.6. The summed E-state index contributed by atoms with van der Waals surface area (Å²) in [6, 6.07) is 15.7. The minimum Gasteiger partial charge on any atom is -0.478 e. The monoisotopic (exact) mass is 480 g/mol. The number of fused-ring (bicyclic) bond motifs is 3. The van der Waals surface area contributed by atoms with Crippen molar-refractivity contribution in [1.82, 2.24) is 5.32 Å². The summed E-state index contributed by atoms with van der Waals surface area (Å²) < 4.78 is 32.5. The zero-order chi connectivity index (χ0) is 25.1. The molecule has 35 heavy (non-hydrogen) atoms. The molecule has 0 fully saturated rings. The van der Waals surface area contributed by atoms with E-state index in [1.807, 2.05) is 48.5 Å². The molecule has 0 saturated heterocycles. The lowest BCUT2D eigenvalue weighted by Gasteiger charge is -2.19. The van der Waals surface area contributed by atoms with Gasteiger partial charge in [-0.3, -0.25) is 4.79 Å². The summed E-state index contributed by atoms with van der Waals surface area (Å²) in [5, 5.41) is 13.9. The minimum absolute atomic E-state index is 0.0459. The van der Waals surface area contributed by atoms with E-state index in [4.69, 9.17) is 4.74 Å². The smallest absolute Gasteiger partial charge is 0.407 e. The van der Waals surface area contributed by atoms with Gasteiger partial charge in [0, 0.05) is 12.0 Å². The first-order valence-corrected chi connectivity index (χ1v) is 10.9. The first kappa shape index (κ1) is 23.9. The predicted octanol–water partition coefficient (Wildman–Crippen LogP) is 4.92. The Labute approximate surface area is 199 Å². The van der Waals surface area contributed by atoms with Crippen molar-refractivity contribution in [3.05, 3.63) is 89.0 Å². The maximum atomic E-state index is 13.6. The highest BCUT2D eigenvalue weighted by atomic mass is 19.2. The lowest BCUT2D eigenvalue weighted by molar-refractivity contribution is -0.118. The molecule has 0 saturated carbocycles. The van der Waals surface area contributed by atoms with Gasteiger partial charge in [0.25, 0.3) is 0 Å². The van der Waals surface area contributed by atoms with Crippen LogP contribution in [0, 0.1) is 11.6 Å². The van der Waals surface area contributed by atoms with E-state index in [-0.39, 0.29) is 18.9 Å². The Hall–Kier alpha value is -4.27. The second-order valence-corrected chi connectivity index (χ2v) is 8.04. The molecule has 2 amide bonds. The van der Waals surface area contributed by atoms with Crippen molar-refractivity contribution in [3.8, 4) is 11.1 Å². The van der Waals surface area contributed by atoms with E-state index in [1.54, 1.807) is 6.92 Å². The first-order valence-electron chi connectivity index (χ1n) is 10.9. The van der Waals surface area contributed by atoms with Crippen LogP contribution < -0.4 is 10.6 Å². The molecule has 0 bridgehead atoms. The number of carbonyl (C=O) groups is 3. The highest BCUT2D eigenvalue weighted by Crippen LogP contribution is 2.44. The summed E-state index contributed by atoms with van der Waals surface area (Å²) in [4.78, 5) is 36.5. The molecule has 0 aromatic heterocycles. The number of aromatic carboxylic acids is 1. The van der Waals surface area contributed by atoms with E-state index in [0.29, 0.717) is 12.1 Å². The Balaban J connectivity index is 1.42. The number of halogens is 2. The number of carboxylic acid groups (broad SMARTS) is 1.